The average molecular weight is 317 g/mol. The summed E-state index contributed by atoms with van der Waals surface area (Å²) in [5, 5.41) is 0. The van der Waals surface area contributed by atoms with Gasteiger partial charge in [0, 0.05) is 30.1 Å². The molecule has 3 nitrogen and oxygen atoms in total. The van der Waals surface area contributed by atoms with Crippen LogP contribution in [0, 0.1) is 0 Å². The standard InChI is InChI=1S/C17H14F3N3/c1-23-10-15(11-4-2-6-13(8-11)17(18,19)20)22-16(23)12-5-3-7-14(21)9-12/h2-10H,21H2,1H3. The van der Waals surface area contributed by atoms with Crippen LogP contribution in [0.2, 0.25) is 0 Å². The number of aryl methyl sites for hydroxylation is 1. The van der Waals surface area contributed by atoms with Crippen LogP contribution in [-0.4, -0.2) is 9.55 Å². The highest BCUT2D eigenvalue weighted by Crippen LogP contribution is 2.32. The van der Waals surface area contributed by atoms with Gasteiger partial charge in [0.1, 0.15) is 5.82 Å². The molecule has 0 aliphatic rings. The molecule has 6 heteroatoms. The van der Waals surface area contributed by atoms with Crippen molar-refractivity contribution in [2.45, 2.75) is 6.18 Å². The van der Waals surface area contributed by atoms with Crippen LogP contribution in [0.15, 0.2) is 54.7 Å². The van der Waals surface area contributed by atoms with Crippen LogP contribution in [0.25, 0.3) is 22.6 Å². The van der Waals surface area contributed by atoms with Crippen LogP contribution in [0.3, 0.4) is 0 Å². The van der Waals surface area contributed by atoms with Gasteiger partial charge in [-0.1, -0.05) is 24.3 Å². The topological polar surface area (TPSA) is 43.8 Å². The van der Waals surface area contributed by atoms with E-state index in [0.717, 1.165) is 17.7 Å². The molecule has 3 aromatic rings. The number of rotatable bonds is 2. The van der Waals surface area contributed by atoms with Crippen molar-refractivity contribution in [1.29, 1.82) is 0 Å². The highest BCUT2D eigenvalue weighted by molar-refractivity contribution is 5.67. The third-order valence-electron chi connectivity index (χ3n) is 3.51. The summed E-state index contributed by atoms with van der Waals surface area (Å²) in [6.07, 6.45) is -2.67. The molecule has 118 valence electrons. The maximum atomic E-state index is 12.8. The molecule has 2 aromatic carbocycles. The van der Waals surface area contributed by atoms with E-state index in [1.807, 2.05) is 12.1 Å². The van der Waals surface area contributed by atoms with Gasteiger partial charge in [-0.25, -0.2) is 4.98 Å². The number of anilines is 1. The lowest BCUT2D eigenvalue weighted by atomic mass is 10.1. The van der Waals surface area contributed by atoms with Crippen LogP contribution in [0.1, 0.15) is 5.56 Å². The Balaban J connectivity index is 2.05. The van der Waals surface area contributed by atoms with Crippen molar-refractivity contribution >= 4 is 5.69 Å². The number of halogens is 3. The number of hydrogen-bond acceptors (Lipinski definition) is 2. The molecular formula is C17H14F3N3. The normalized spacial score (nSPS) is 11.7. The van der Waals surface area contributed by atoms with Crippen LogP contribution in [0.4, 0.5) is 18.9 Å². The van der Waals surface area contributed by atoms with Gasteiger partial charge in [0.15, 0.2) is 0 Å². The minimum Gasteiger partial charge on any atom is -0.399 e. The van der Waals surface area contributed by atoms with Gasteiger partial charge in [0.05, 0.1) is 11.3 Å². The van der Waals surface area contributed by atoms with E-state index in [-0.39, 0.29) is 0 Å². The van der Waals surface area contributed by atoms with Gasteiger partial charge >= 0.3 is 6.18 Å². The largest absolute Gasteiger partial charge is 0.416 e. The molecule has 0 saturated heterocycles. The van der Waals surface area contributed by atoms with E-state index in [4.69, 9.17) is 5.73 Å². The van der Waals surface area contributed by atoms with Gasteiger partial charge < -0.3 is 10.3 Å². The number of aromatic nitrogens is 2. The molecule has 2 N–H and O–H groups in total. The fourth-order valence-electron chi connectivity index (χ4n) is 2.41. The Hall–Kier alpha value is -2.76. The van der Waals surface area contributed by atoms with E-state index in [1.54, 1.807) is 36.0 Å². The molecule has 0 amide bonds. The second kappa shape index (κ2) is 5.46. The van der Waals surface area contributed by atoms with Crippen molar-refractivity contribution in [2.24, 2.45) is 7.05 Å². The fraction of sp³-hybridized carbons (Fsp3) is 0.118. The number of imidazole rings is 1. The monoisotopic (exact) mass is 317 g/mol. The fourth-order valence-corrected chi connectivity index (χ4v) is 2.41. The van der Waals surface area contributed by atoms with Crippen LogP contribution in [-0.2, 0) is 13.2 Å². The van der Waals surface area contributed by atoms with Crippen molar-refractivity contribution in [3.8, 4) is 22.6 Å². The summed E-state index contributed by atoms with van der Waals surface area (Å²) in [5.74, 6) is 0.643. The van der Waals surface area contributed by atoms with Crippen LogP contribution < -0.4 is 5.73 Å². The molecule has 0 atom stereocenters. The average Bonchev–Trinajstić information content (AvgIpc) is 2.89. The van der Waals surface area contributed by atoms with Gasteiger partial charge in [0.2, 0.25) is 0 Å². The van der Waals surface area contributed by atoms with E-state index in [1.165, 1.54) is 6.07 Å². The van der Waals surface area contributed by atoms with Crippen LogP contribution in [0.5, 0.6) is 0 Å². The second-order valence-corrected chi connectivity index (χ2v) is 5.26. The van der Waals surface area contributed by atoms with E-state index in [2.05, 4.69) is 4.98 Å². The van der Waals surface area contributed by atoms with Crippen molar-refractivity contribution in [3.63, 3.8) is 0 Å². The first-order chi connectivity index (χ1) is 10.8. The maximum Gasteiger partial charge on any atom is 0.416 e. The van der Waals surface area contributed by atoms with E-state index >= 15 is 0 Å². The SMILES string of the molecule is Cn1cc(-c2cccc(C(F)(F)F)c2)nc1-c1cccc(N)c1. The Labute approximate surface area is 131 Å². The molecule has 0 aliphatic heterocycles. The van der Waals surface area contributed by atoms with Gasteiger partial charge in [-0.05, 0) is 24.3 Å². The number of alkyl halides is 3. The number of nitrogens with two attached hydrogens (primary N) is 1. The predicted octanol–water partition coefficient (Wildman–Crippen LogP) is 4.36. The van der Waals surface area contributed by atoms with Gasteiger partial charge in [-0.15, -0.1) is 0 Å². The van der Waals surface area contributed by atoms with E-state index < -0.39 is 11.7 Å². The molecule has 0 aliphatic carbocycles. The Morgan fingerprint density at radius 2 is 1.70 bits per heavy atom. The number of nitrogen functional groups attached to an aromatic ring is 1. The summed E-state index contributed by atoms with van der Waals surface area (Å²) >= 11 is 0. The highest BCUT2D eigenvalue weighted by atomic mass is 19.4. The molecule has 1 aromatic heterocycles. The van der Waals surface area contributed by atoms with Crippen molar-refractivity contribution in [3.05, 3.63) is 60.3 Å². The van der Waals surface area contributed by atoms with Gasteiger partial charge in [-0.3, -0.25) is 0 Å². The first-order valence-electron chi connectivity index (χ1n) is 6.91. The predicted molar refractivity (Wildman–Crippen MR) is 83.5 cm³/mol. The Bertz CT molecular complexity index is 850. The molecule has 0 spiro atoms. The Kier molecular flexibility index (Phi) is 3.60. The number of benzene rings is 2. The minimum absolute atomic E-state index is 0.422. The van der Waals surface area contributed by atoms with Crippen LogP contribution >= 0.6 is 0 Å². The molecule has 0 saturated carbocycles. The van der Waals surface area contributed by atoms with Crippen molar-refractivity contribution < 1.29 is 13.2 Å². The molecular weight excluding hydrogens is 303 g/mol. The third-order valence-corrected chi connectivity index (χ3v) is 3.51. The lowest BCUT2D eigenvalue weighted by Crippen LogP contribution is -2.04. The summed E-state index contributed by atoms with van der Waals surface area (Å²) in [4.78, 5) is 4.45. The lowest BCUT2D eigenvalue weighted by molar-refractivity contribution is -0.137. The third kappa shape index (κ3) is 3.06. The zero-order valence-electron chi connectivity index (χ0n) is 12.3. The molecule has 23 heavy (non-hydrogen) atoms. The van der Waals surface area contributed by atoms with E-state index in [0.29, 0.717) is 22.8 Å². The summed E-state index contributed by atoms with van der Waals surface area (Å²) in [7, 11) is 1.79. The Morgan fingerprint density at radius 3 is 2.39 bits per heavy atom. The lowest BCUT2D eigenvalue weighted by Gasteiger charge is -2.07. The Morgan fingerprint density at radius 1 is 1.00 bits per heavy atom. The first-order valence-corrected chi connectivity index (χ1v) is 6.91. The second-order valence-electron chi connectivity index (χ2n) is 5.26. The molecule has 0 radical (unpaired) electrons. The van der Waals surface area contributed by atoms with Gasteiger partial charge in [0.25, 0.3) is 0 Å². The summed E-state index contributed by atoms with van der Waals surface area (Å²) in [6, 6.07) is 12.3. The smallest absolute Gasteiger partial charge is 0.399 e. The summed E-state index contributed by atoms with van der Waals surface area (Å²) in [5.41, 5.74) is 7.40. The van der Waals surface area contributed by atoms with E-state index in [9.17, 15) is 13.2 Å². The zero-order valence-corrected chi connectivity index (χ0v) is 12.3. The molecule has 0 fully saturated rings. The quantitative estimate of drug-likeness (QED) is 0.714. The number of nitrogens with zero attached hydrogens (tertiary/aromatic N) is 2. The molecule has 0 unspecified atom stereocenters. The first kappa shape index (κ1) is 15.1. The minimum atomic E-state index is -4.37. The van der Waals surface area contributed by atoms with Gasteiger partial charge in [-0.2, -0.15) is 13.2 Å². The summed E-state index contributed by atoms with van der Waals surface area (Å²) in [6.45, 7) is 0. The van der Waals surface area contributed by atoms with Crippen molar-refractivity contribution in [1.82, 2.24) is 9.55 Å². The number of hydrogen-bond donors (Lipinski definition) is 1. The maximum absolute atomic E-state index is 12.8. The molecule has 0 bridgehead atoms. The molecule has 1 heterocycles. The zero-order chi connectivity index (χ0) is 16.6. The highest BCUT2D eigenvalue weighted by Gasteiger charge is 2.30. The summed E-state index contributed by atoms with van der Waals surface area (Å²) < 4.78 is 40.3. The molecule has 3 rings (SSSR count). The van der Waals surface area contributed by atoms with Crippen molar-refractivity contribution in [2.75, 3.05) is 5.73 Å².